The minimum Gasteiger partial charge on any atom is -0.481 e. The van der Waals surface area contributed by atoms with Crippen molar-refractivity contribution in [2.75, 3.05) is 0 Å². The summed E-state index contributed by atoms with van der Waals surface area (Å²) in [6.45, 7) is 8.42. The van der Waals surface area contributed by atoms with E-state index >= 15 is 0 Å². The molecule has 0 fully saturated rings. The van der Waals surface area contributed by atoms with Gasteiger partial charge in [0, 0.05) is 0 Å². The number of carboxylic acids is 2. The molecule has 2 N–H and O–H groups in total. The zero-order valence-corrected chi connectivity index (χ0v) is 14.9. The van der Waals surface area contributed by atoms with Crippen LogP contribution in [0.15, 0.2) is 23.8 Å². The quantitative estimate of drug-likeness (QED) is 0.395. The Hall–Kier alpha value is -1.58. The summed E-state index contributed by atoms with van der Waals surface area (Å²) in [6.07, 6.45) is 11.6. The van der Waals surface area contributed by atoms with Gasteiger partial charge in [-0.15, -0.1) is 0 Å². The first-order chi connectivity index (χ1) is 10.8. The molecule has 23 heavy (non-hydrogen) atoms. The van der Waals surface area contributed by atoms with E-state index in [1.54, 1.807) is 0 Å². The lowest BCUT2D eigenvalue weighted by Crippen LogP contribution is -2.24. The minimum atomic E-state index is -1.28. The van der Waals surface area contributed by atoms with E-state index in [1.165, 1.54) is 5.57 Å². The predicted molar refractivity (Wildman–Crippen MR) is 93.4 cm³/mol. The average molecular weight is 324 g/mol. The van der Waals surface area contributed by atoms with Crippen molar-refractivity contribution < 1.29 is 19.8 Å². The summed E-state index contributed by atoms with van der Waals surface area (Å²) in [5, 5.41) is 17.8. The molecule has 0 spiro atoms. The lowest BCUT2D eigenvalue weighted by molar-refractivity contribution is -0.154. The third-order valence-corrected chi connectivity index (χ3v) is 4.53. The van der Waals surface area contributed by atoms with Crippen LogP contribution < -0.4 is 0 Å². The molecular weight excluding hydrogens is 292 g/mol. The molecule has 2 atom stereocenters. The zero-order chi connectivity index (χ0) is 17.8. The van der Waals surface area contributed by atoms with E-state index in [9.17, 15) is 9.59 Å². The summed E-state index contributed by atoms with van der Waals surface area (Å²) in [5.74, 6) is -2.97. The van der Waals surface area contributed by atoms with Gasteiger partial charge >= 0.3 is 11.9 Å². The Morgan fingerprint density at radius 2 is 1.52 bits per heavy atom. The molecule has 4 nitrogen and oxygen atoms in total. The molecule has 0 heterocycles. The first kappa shape index (κ1) is 21.4. The Labute approximate surface area is 140 Å². The minimum absolute atomic E-state index is 0.203. The highest BCUT2D eigenvalue weighted by molar-refractivity contribution is 5.92. The summed E-state index contributed by atoms with van der Waals surface area (Å²) >= 11 is 0. The Kier molecular flexibility index (Phi) is 11.1. The SMILES string of the molecule is C/C=C/CC/C(C)=C/CCC(C)C(C)CCC(C(=O)O)C(=O)O. The van der Waals surface area contributed by atoms with E-state index in [2.05, 4.69) is 39.0 Å². The van der Waals surface area contributed by atoms with Gasteiger partial charge in [0.25, 0.3) is 0 Å². The van der Waals surface area contributed by atoms with Gasteiger partial charge in [-0.3, -0.25) is 9.59 Å². The highest BCUT2D eigenvalue weighted by Crippen LogP contribution is 2.24. The largest absolute Gasteiger partial charge is 0.481 e. The second kappa shape index (κ2) is 11.9. The first-order valence-electron chi connectivity index (χ1n) is 8.51. The average Bonchev–Trinajstić information content (AvgIpc) is 2.46. The molecule has 0 amide bonds. The van der Waals surface area contributed by atoms with Gasteiger partial charge in [-0.2, -0.15) is 0 Å². The van der Waals surface area contributed by atoms with Crippen LogP contribution in [0.1, 0.15) is 66.2 Å². The summed E-state index contributed by atoms with van der Waals surface area (Å²) in [4.78, 5) is 21.8. The Morgan fingerprint density at radius 1 is 0.957 bits per heavy atom. The van der Waals surface area contributed by atoms with Crippen LogP contribution in [-0.2, 0) is 9.59 Å². The van der Waals surface area contributed by atoms with Gasteiger partial charge in [-0.05, 0) is 64.2 Å². The zero-order valence-electron chi connectivity index (χ0n) is 14.9. The standard InChI is InChI=1S/C19H32O4/c1-5-6-7-9-14(2)10-8-11-15(3)16(4)12-13-17(18(20)21)19(22)23/h5-6,10,15-17H,7-9,11-13H2,1-4H3,(H,20,21)(H,22,23)/b6-5+,14-10+. The number of carbonyl (C=O) groups is 2. The van der Waals surface area contributed by atoms with Gasteiger partial charge in [0.1, 0.15) is 0 Å². The summed E-state index contributed by atoms with van der Waals surface area (Å²) in [7, 11) is 0. The topological polar surface area (TPSA) is 74.6 Å². The van der Waals surface area contributed by atoms with Crippen molar-refractivity contribution in [3.05, 3.63) is 23.8 Å². The fourth-order valence-electron chi connectivity index (χ4n) is 2.52. The second-order valence-corrected chi connectivity index (χ2v) is 6.50. The highest BCUT2D eigenvalue weighted by Gasteiger charge is 2.26. The summed E-state index contributed by atoms with van der Waals surface area (Å²) in [5.41, 5.74) is 1.40. The fourth-order valence-corrected chi connectivity index (χ4v) is 2.52. The smallest absolute Gasteiger partial charge is 0.317 e. The van der Waals surface area contributed by atoms with Crippen LogP contribution in [-0.4, -0.2) is 22.2 Å². The molecule has 0 radical (unpaired) electrons. The molecule has 0 aromatic carbocycles. The van der Waals surface area contributed by atoms with Gasteiger partial charge in [-0.25, -0.2) is 0 Å². The maximum Gasteiger partial charge on any atom is 0.317 e. The van der Waals surface area contributed by atoms with Crippen molar-refractivity contribution in [3.8, 4) is 0 Å². The molecule has 0 saturated heterocycles. The monoisotopic (exact) mass is 324 g/mol. The molecule has 0 aliphatic heterocycles. The van der Waals surface area contributed by atoms with Crippen LogP contribution in [0, 0.1) is 17.8 Å². The molecule has 0 aliphatic carbocycles. The Morgan fingerprint density at radius 3 is 2.04 bits per heavy atom. The molecule has 0 aliphatic rings. The van der Waals surface area contributed by atoms with Crippen molar-refractivity contribution in [2.45, 2.75) is 66.2 Å². The first-order valence-corrected chi connectivity index (χ1v) is 8.51. The number of hydrogen-bond donors (Lipinski definition) is 2. The van der Waals surface area contributed by atoms with E-state index in [0.29, 0.717) is 18.3 Å². The number of rotatable bonds is 12. The number of allylic oxidation sites excluding steroid dienone is 4. The van der Waals surface area contributed by atoms with Crippen molar-refractivity contribution in [3.63, 3.8) is 0 Å². The summed E-state index contributed by atoms with van der Waals surface area (Å²) in [6, 6.07) is 0. The number of aliphatic carboxylic acids is 2. The number of carboxylic acid groups (broad SMARTS) is 2. The molecule has 0 saturated carbocycles. The Bertz CT molecular complexity index is 409. The van der Waals surface area contributed by atoms with Crippen LogP contribution in [0.3, 0.4) is 0 Å². The maximum absolute atomic E-state index is 10.9. The second-order valence-electron chi connectivity index (χ2n) is 6.50. The normalized spacial score (nSPS) is 15.1. The van der Waals surface area contributed by atoms with E-state index in [4.69, 9.17) is 10.2 Å². The van der Waals surface area contributed by atoms with E-state index in [0.717, 1.165) is 25.7 Å². The number of hydrogen-bond acceptors (Lipinski definition) is 2. The molecule has 0 aromatic rings. The van der Waals surface area contributed by atoms with Crippen molar-refractivity contribution >= 4 is 11.9 Å². The molecule has 132 valence electrons. The highest BCUT2D eigenvalue weighted by atomic mass is 16.4. The third-order valence-electron chi connectivity index (χ3n) is 4.53. The molecule has 2 unspecified atom stereocenters. The van der Waals surface area contributed by atoms with Crippen LogP contribution in [0.4, 0.5) is 0 Å². The van der Waals surface area contributed by atoms with Gasteiger partial charge in [0.2, 0.25) is 0 Å². The van der Waals surface area contributed by atoms with Crippen LogP contribution >= 0.6 is 0 Å². The van der Waals surface area contributed by atoms with Crippen molar-refractivity contribution in [1.29, 1.82) is 0 Å². The van der Waals surface area contributed by atoms with Gasteiger partial charge in [0.15, 0.2) is 5.92 Å². The molecule has 0 aromatic heterocycles. The van der Waals surface area contributed by atoms with Crippen molar-refractivity contribution in [1.82, 2.24) is 0 Å². The molecule has 4 heteroatoms. The molecule has 0 rings (SSSR count). The van der Waals surface area contributed by atoms with E-state index < -0.39 is 17.9 Å². The summed E-state index contributed by atoms with van der Waals surface area (Å²) < 4.78 is 0. The Balaban J connectivity index is 4.15. The lowest BCUT2D eigenvalue weighted by atomic mass is 9.85. The van der Waals surface area contributed by atoms with Crippen LogP contribution in [0.2, 0.25) is 0 Å². The lowest BCUT2D eigenvalue weighted by Gasteiger charge is -2.20. The third kappa shape index (κ3) is 9.93. The van der Waals surface area contributed by atoms with E-state index in [1.807, 2.05) is 6.92 Å². The fraction of sp³-hybridized carbons (Fsp3) is 0.684. The predicted octanol–water partition coefficient (Wildman–Crippen LogP) is 4.91. The van der Waals surface area contributed by atoms with Crippen molar-refractivity contribution in [2.24, 2.45) is 17.8 Å². The molecule has 0 bridgehead atoms. The molecular formula is C19H32O4. The van der Waals surface area contributed by atoms with Gasteiger partial charge < -0.3 is 10.2 Å². The maximum atomic E-state index is 10.9. The van der Waals surface area contributed by atoms with E-state index in [-0.39, 0.29) is 6.42 Å². The van der Waals surface area contributed by atoms with Crippen LogP contribution in [0.25, 0.3) is 0 Å². The van der Waals surface area contributed by atoms with Crippen LogP contribution in [0.5, 0.6) is 0 Å². The van der Waals surface area contributed by atoms with Gasteiger partial charge in [0.05, 0.1) is 0 Å². The van der Waals surface area contributed by atoms with Gasteiger partial charge in [-0.1, -0.05) is 37.6 Å².